The Bertz CT molecular complexity index is 1730. The third-order valence-corrected chi connectivity index (χ3v) is 8.84. The van der Waals surface area contributed by atoms with E-state index in [1.165, 1.54) is 28.9 Å². The fourth-order valence-electron chi connectivity index (χ4n) is 4.80. The van der Waals surface area contributed by atoms with Gasteiger partial charge in [0.05, 0.1) is 35.5 Å². The number of aromatic nitrogens is 3. The molecule has 11 heteroatoms. The third kappa shape index (κ3) is 6.73. The molecule has 0 saturated heterocycles. The maximum absolute atomic E-state index is 13.7. The number of hydrazone groups is 1. The van der Waals surface area contributed by atoms with Crippen LogP contribution in [0.3, 0.4) is 0 Å². The third-order valence-electron chi connectivity index (χ3n) is 6.97. The van der Waals surface area contributed by atoms with Crippen LogP contribution in [0.2, 0.25) is 0 Å². The van der Waals surface area contributed by atoms with Crippen molar-refractivity contribution in [2.24, 2.45) is 5.10 Å². The van der Waals surface area contributed by atoms with Crippen molar-refractivity contribution in [3.63, 3.8) is 0 Å². The molecular weight excluding hydrogens is 584 g/mol. The van der Waals surface area contributed by atoms with Gasteiger partial charge in [-0.05, 0) is 46.8 Å². The average Bonchev–Trinajstić information content (AvgIpc) is 3.81. The second-order valence-corrected chi connectivity index (χ2v) is 11.7. The van der Waals surface area contributed by atoms with Gasteiger partial charge in [0, 0.05) is 12.0 Å². The number of thioether (sulfide) groups is 1. The molecule has 1 atom stereocenters. The Balaban J connectivity index is 1.21. The highest BCUT2D eigenvalue weighted by Gasteiger charge is 2.33. The molecule has 43 heavy (non-hydrogen) atoms. The first-order chi connectivity index (χ1) is 21.0. The molecule has 0 radical (unpaired) electrons. The summed E-state index contributed by atoms with van der Waals surface area (Å²) >= 11 is 2.84. The standard InChI is InChI=1S/C32H27FN6O2S2/c33-25-15-13-23(14-16-25)27-18-26(28-12-7-17-42-28)37-39(27)30(40)21-43-32-36-35-29(38(32)20-22-8-3-1-4-9-22)19-34-31(41)24-10-5-2-6-11-24/h1-17,27H,18-21H2,(H,34,41)/t27-/m0/s1. The summed E-state index contributed by atoms with van der Waals surface area (Å²) < 4.78 is 15.6. The van der Waals surface area contributed by atoms with Crippen molar-refractivity contribution in [2.45, 2.75) is 30.7 Å². The van der Waals surface area contributed by atoms with Crippen molar-refractivity contribution >= 4 is 40.6 Å². The molecule has 3 heterocycles. The average molecular weight is 611 g/mol. The zero-order valence-electron chi connectivity index (χ0n) is 23.0. The number of amides is 2. The number of thiophene rings is 1. The quantitative estimate of drug-likeness (QED) is 0.198. The Morgan fingerprint density at radius 1 is 0.930 bits per heavy atom. The van der Waals surface area contributed by atoms with Crippen molar-refractivity contribution in [3.05, 3.63) is 136 Å². The normalized spacial score (nSPS) is 14.5. The number of benzene rings is 3. The molecule has 5 aromatic rings. The number of nitrogens with one attached hydrogen (secondary N) is 1. The van der Waals surface area contributed by atoms with Crippen LogP contribution >= 0.6 is 23.1 Å². The van der Waals surface area contributed by atoms with E-state index in [-0.39, 0.29) is 36.0 Å². The maximum atomic E-state index is 13.7. The van der Waals surface area contributed by atoms with E-state index in [0.29, 0.717) is 29.5 Å². The monoisotopic (exact) mass is 610 g/mol. The van der Waals surface area contributed by atoms with E-state index in [9.17, 15) is 14.0 Å². The minimum Gasteiger partial charge on any atom is -0.345 e. The second kappa shape index (κ2) is 13.1. The fourth-order valence-corrected chi connectivity index (χ4v) is 6.33. The highest BCUT2D eigenvalue weighted by Crippen LogP contribution is 2.34. The molecule has 0 aliphatic carbocycles. The van der Waals surface area contributed by atoms with E-state index in [1.807, 2.05) is 70.6 Å². The Morgan fingerprint density at radius 2 is 1.67 bits per heavy atom. The van der Waals surface area contributed by atoms with Crippen molar-refractivity contribution in [1.82, 2.24) is 25.1 Å². The second-order valence-electron chi connectivity index (χ2n) is 9.84. The lowest BCUT2D eigenvalue weighted by atomic mass is 10.0. The highest BCUT2D eigenvalue weighted by atomic mass is 32.2. The molecule has 2 aromatic heterocycles. The molecule has 1 aliphatic rings. The van der Waals surface area contributed by atoms with Gasteiger partial charge >= 0.3 is 0 Å². The zero-order valence-corrected chi connectivity index (χ0v) is 24.6. The lowest BCUT2D eigenvalue weighted by molar-refractivity contribution is -0.130. The summed E-state index contributed by atoms with van der Waals surface area (Å²) in [5.74, 6) is -0.0875. The molecular formula is C32H27FN6O2S2. The summed E-state index contributed by atoms with van der Waals surface area (Å²) in [5, 5.41) is 20.4. The van der Waals surface area contributed by atoms with Gasteiger partial charge in [0.25, 0.3) is 11.8 Å². The molecule has 0 unspecified atom stereocenters. The molecule has 0 spiro atoms. The van der Waals surface area contributed by atoms with E-state index < -0.39 is 0 Å². The molecule has 0 saturated carbocycles. The molecule has 1 aliphatic heterocycles. The number of carbonyl (C=O) groups is 2. The van der Waals surface area contributed by atoms with Crippen LogP contribution in [-0.2, 0) is 17.9 Å². The highest BCUT2D eigenvalue weighted by molar-refractivity contribution is 7.99. The Kier molecular flexibility index (Phi) is 8.71. The van der Waals surface area contributed by atoms with E-state index in [4.69, 9.17) is 5.10 Å². The smallest absolute Gasteiger partial charge is 0.253 e. The minimum atomic E-state index is -0.336. The van der Waals surface area contributed by atoms with Gasteiger partial charge in [0.2, 0.25) is 0 Å². The lowest BCUT2D eigenvalue weighted by Gasteiger charge is -2.22. The number of hydrogen-bond donors (Lipinski definition) is 1. The summed E-state index contributed by atoms with van der Waals surface area (Å²) in [7, 11) is 0. The van der Waals surface area contributed by atoms with Crippen molar-refractivity contribution in [1.29, 1.82) is 0 Å². The van der Waals surface area contributed by atoms with Crippen LogP contribution in [0.25, 0.3) is 0 Å². The van der Waals surface area contributed by atoms with Gasteiger partial charge in [-0.1, -0.05) is 78.5 Å². The Hall–Kier alpha value is -4.61. The Labute approximate surface area is 256 Å². The van der Waals surface area contributed by atoms with Crippen LogP contribution in [0.5, 0.6) is 0 Å². The minimum absolute atomic E-state index is 0.0716. The van der Waals surface area contributed by atoms with Crippen LogP contribution < -0.4 is 5.32 Å². The van der Waals surface area contributed by atoms with Crippen LogP contribution in [0.1, 0.15) is 44.6 Å². The van der Waals surface area contributed by atoms with Crippen molar-refractivity contribution < 1.29 is 14.0 Å². The number of halogens is 1. The van der Waals surface area contributed by atoms with Crippen LogP contribution in [0.15, 0.2) is 113 Å². The maximum Gasteiger partial charge on any atom is 0.253 e. The number of carbonyl (C=O) groups excluding carboxylic acids is 2. The van der Waals surface area contributed by atoms with Crippen molar-refractivity contribution in [3.8, 4) is 0 Å². The lowest BCUT2D eigenvalue weighted by Crippen LogP contribution is -2.28. The van der Waals surface area contributed by atoms with Crippen LogP contribution in [-0.4, -0.2) is 43.1 Å². The first-order valence-corrected chi connectivity index (χ1v) is 15.5. The van der Waals surface area contributed by atoms with Gasteiger partial charge in [-0.15, -0.1) is 21.5 Å². The summed E-state index contributed by atoms with van der Waals surface area (Å²) in [6.45, 7) is 0.652. The Morgan fingerprint density at radius 3 is 2.40 bits per heavy atom. The predicted molar refractivity (Wildman–Crippen MR) is 165 cm³/mol. The van der Waals surface area contributed by atoms with E-state index in [2.05, 4.69) is 15.5 Å². The zero-order chi connectivity index (χ0) is 29.6. The molecule has 3 aromatic carbocycles. The van der Waals surface area contributed by atoms with Gasteiger partial charge in [0.1, 0.15) is 5.82 Å². The van der Waals surface area contributed by atoms with E-state index >= 15 is 0 Å². The number of rotatable bonds is 10. The predicted octanol–water partition coefficient (Wildman–Crippen LogP) is 5.93. The first-order valence-electron chi connectivity index (χ1n) is 13.7. The van der Waals surface area contributed by atoms with E-state index in [0.717, 1.165) is 21.7 Å². The van der Waals surface area contributed by atoms with Gasteiger partial charge in [0.15, 0.2) is 11.0 Å². The van der Waals surface area contributed by atoms with Gasteiger partial charge in [-0.3, -0.25) is 9.59 Å². The fraction of sp³-hybridized carbons (Fsp3) is 0.156. The van der Waals surface area contributed by atoms with Crippen LogP contribution in [0, 0.1) is 5.82 Å². The molecule has 8 nitrogen and oxygen atoms in total. The molecule has 1 N–H and O–H groups in total. The molecule has 0 bridgehead atoms. The van der Waals surface area contributed by atoms with Gasteiger partial charge in [-0.2, -0.15) is 5.10 Å². The molecule has 216 valence electrons. The number of hydrogen-bond acceptors (Lipinski definition) is 7. The van der Waals surface area contributed by atoms with Crippen molar-refractivity contribution in [2.75, 3.05) is 5.75 Å². The summed E-state index contributed by atoms with van der Waals surface area (Å²) in [6.07, 6.45) is 0.540. The summed E-state index contributed by atoms with van der Waals surface area (Å²) in [6, 6.07) is 28.7. The largest absolute Gasteiger partial charge is 0.345 e. The van der Waals surface area contributed by atoms with Gasteiger partial charge in [-0.25, -0.2) is 9.40 Å². The molecule has 0 fully saturated rings. The first kappa shape index (κ1) is 28.5. The van der Waals surface area contributed by atoms with Crippen LogP contribution in [0.4, 0.5) is 4.39 Å². The summed E-state index contributed by atoms with van der Waals surface area (Å²) in [4.78, 5) is 27.3. The number of nitrogens with zero attached hydrogens (tertiary/aromatic N) is 5. The molecule has 6 rings (SSSR count). The summed E-state index contributed by atoms with van der Waals surface area (Å²) in [5.41, 5.74) is 3.23. The van der Waals surface area contributed by atoms with Gasteiger partial charge < -0.3 is 9.88 Å². The SMILES string of the molecule is O=C(NCc1nnc(SCC(=O)N2N=C(c3cccs3)C[C@H]2c2ccc(F)cc2)n1Cc1ccccc1)c1ccccc1. The molecule has 2 amide bonds. The topological polar surface area (TPSA) is 92.5 Å². The van der Waals surface area contributed by atoms with E-state index in [1.54, 1.807) is 35.6 Å².